The van der Waals surface area contributed by atoms with Crippen molar-refractivity contribution in [2.75, 3.05) is 6.54 Å². The van der Waals surface area contributed by atoms with Crippen molar-refractivity contribution in [2.45, 2.75) is 56.0 Å². The molecule has 2 aromatic rings. The Labute approximate surface area is 194 Å². The van der Waals surface area contributed by atoms with Crippen LogP contribution in [0.2, 0.25) is 0 Å². The van der Waals surface area contributed by atoms with Gasteiger partial charge in [-0.05, 0) is 18.4 Å². The van der Waals surface area contributed by atoms with Gasteiger partial charge in [0, 0.05) is 25.2 Å². The second-order valence-electron chi connectivity index (χ2n) is 8.46. The van der Waals surface area contributed by atoms with E-state index in [4.69, 9.17) is 10.5 Å². The van der Waals surface area contributed by atoms with Gasteiger partial charge in [0.25, 0.3) is 11.5 Å². The standard InChI is InChI=1S/C22H27N5O7/c23-19(31)13-7-4-9-26(13)14(11-12-5-2-1-3-6-12)24-20(32)18-16(29)17(30)21(34-18)27-10-8-15(28)25-22(27)33/h1-3,5-6,8,10,13-14,16-18,21,29-30H,4,7,9,11H2,(H2,23,31)(H,24,32)(H,25,28,33)/t13-,14+,16-,17+,18-,21+/m0/s1. The topological polar surface area (TPSA) is 180 Å². The summed E-state index contributed by atoms with van der Waals surface area (Å²) in [7, 11) is 0. The number of H-pyrrole nitrogens is 1. The lowest BCUT2D eigenvalue weighted by molar-refractivity contribution is -0.141. The van der Waals surface area contributed by atoms with E-state index in [1.54, 1.807) is 0 Å². The number of benzene rings is 1. The lowest BCUT2D eigenvalue weighted by Crippen LogP contribution is -2.57. The van der Waals surface area contributed by atoms with Crippen LogP contribution in [0.4, 0.5) is 0 Å². The van der Waals surface area contributed by atoms with E-state index in [2.05, 4.69) is 5.32 Å². The van der Waals surface area contributed by atoms with Gasteiger partial charge in [0.05, 0.1) is 12.2 Å². The first-order valence-electron chi connectivity index (χ1n) is 11.0. The summed E-state index contributed by atoms with van der Waals surface area (Å²) in [5.74, 6) is -1.21. The molecule has 3 heterocycles. The summed E-state index contributed by atoms with van der Waals surface area (Å²) in [6, 6.07) is 9.86. The van der Waals surface area contributed by atoms with Crippen LogP contribution in [0.25, 0.3) is 0 Å². The third kappa shape index (κ3) is 4.80. The summed E-state index contributed by atoms with van der Waals surface area (Å²) in [6.07, 6.45) is -3.96. The maximum atomic E-state index is 13.2. The minimum Gasteiger partial charge on any atom is -0.387 e. The number of aliphatic hydroxyl groups is 2. The van der Waals surface area contributed by atoms with Crippen LogP contribution in [0.3, 0.4) is 0 Å². The minimum atomic E-state index is -1.63. The van der Waals surface area contributed by atoms with Crippen LogP contribution in [0.1, 0.15) is 24.6 Å². The molecule has 6 N–H and O–H groups in total. The van der Waals surface area contributed by atoms with Gasteiger partial charge in [-0.2, -0.15) is 0 Å². The quantitative estimate of drug-likeness (QED) is 0.300. The molecule has 2 amide bonds. The molecule has 182 valence electrons. The highest BCUT2D eigenvalue weighted by Crippen LogP contribution is 2.29. The molecule has 1 aromatic heterocycles. The zero-order chi connectivity index (χ0) is 24.4. The van der Waals surface area contributed by atoms with E-state index in [9.17, 15) is 29.4 Å². The molecule has 0 radical (unpaired) electrons. The Kier molecular flexibility index (Phi) is 6.93. The number of nitrogens with one attached hydrogen (secondary N) is 2. The third-order valence-corrected chi connectivity index (χ3v) is 6.23. The van der Waals surface area contributed by atoms with Gasteiger partial charge in [-0.1, -0.05) is 30.3 Å². The molecule has 0 bridgehead atoms. The highest BCUT2D eigenvalue weighted by molar-refractivity contribution is 5.83. The third-order valence-electron chi connectivity index (χ3n) is 6.23. The summed E-state index contributed by atoms with van der Waals surface area (Å²) in [4.78, 5) is 52.4. The fourth-order valence-electron chi connectivity index (χ4n) is 4.54. The van der Waals surface area contributed by atoms with E-state index in [1.165, 1.54) is 0 Å². The number of carbonyl (C=O) groups excluding carboxylic acids is 2. The molecule has 0 aliphatic carbocycles. The van der Waals surface area contributed by atoms with Crippen molar-refractivity contribution in [1.29, 1.82) is 0 Å². The van der Waals surface area contributed by atoms with Crippen molar-refractivity contribution >= 4 is 11.8 Å². The molecule has 12 nitrogen and oxygen atoms in total. The number of rotatable bonds is 7. The van der Waals surface area contributed by atoms with Crippen molar-refractivity contribution < 1.29 is 24.5 Å². The number of hydrogen-bond acceptors (Lipinski definition) is 8. The predicted octanol–water partition coefficient (Wildman–Crippen LogP) is -2.21. The fourth-order valence-corrected chi connectivity index (χ4v) is 4.54. The second-order valence-corrected chi connectivity index (χ2v) is 8.46. The first-order chi connectivity index (χ1) is 16.3. The number of likely N-dealkylation sites (tertiary alicyclic amines) is 1. The van der Waals surface area contributed by atoms with Crippen LogP contribution in [0.5, 0.6) is 0 Å². The van der Waals surface area contributed by atoms with Crippen molar-refractivity contribution in [3.05, 3.63) is 69.0 Å². The summed E-state index contributed by atoms with van der Waals surface area (Å²) < 4.78 is 6.46. The smallest absolute Gasteiger partial charge is 0.330 e. The monoisotopic (exact) mass is 473 g/mol. The molecule has 0 spiro atoms. The lowest BCUT2D eigenvalue weighted by atomic mass is 10.1. The van der Waals surface area contributed by atoms with Crippen molar-refractivity contribution in [2.24, 2.45) is 5.73 Å². The Morgan fingerprint density at radius 2 is 1.91 bits per heavy atom. The number of hydrogen-bond donors (Lipinski definition) is 5. The Bertz CT molecular complexity index is 1150. The van der Waals surface area contributed by atoms with Gasteiger partial charge in [0.2, 0.25) is 5.91 Å². The van der Waals surface area contributed by atoms with Gasteiger partial charge in [-0.3, -0.25) is 28.8 Å². The zero-order valence-electron chi connectivity index (χ0n) is 18.2. The van der Waals surface area contributed by atoms with E-state index < -0.39 is 59.8 Å². The Balaban J connectivity index is 1.55. The predicted molar refractivity (Wildman–Crippen MR) is 118 cm³/mol. The molecule has 34 heavy (non-hydrogen) atoms. The van der Waals surface area contributed by atoms with Crippen LogP contribution in [0.15, 0.2) is 52.2 Å². The Hall–Kier alpha value is -3.32. The number of nitrogens with two attached hydrogens (primary N) is 1. The number of amides is 2. The molecule has 2 aliphatic rings. The van der Waals surface area contributed by atoms with Gasteiger partial charge >= 0.3 is 5.69 Å². The van der Waals surface area contributed by atoms with Crippen LogP contribution in [0, 0.1) is 0 Å². The summed E-state index contributed by atoms with van der Waals surface area (Å²) in [6.45, 7) is 0.539. The van der Waals surface area contributed by atoms with Gasteiger partial charge in [-0.25, -0.2) is 4.79 Å². The molecule has 2 aliphatic heterocycles. The van der Waals surface area contributed by atoms with E-state index in [0.717, 1.165) is 28.8 Å². The first kappa shape index (κ1) is 23.8. The Morgan fingerprint density at radius 3 is 2.59 bits per heavy atom. The number of ether oxygens (including phenoxy) is 1. The lowest BCUT2D eigenvalue weighted by Gasteiger charge is -2.33. The van der Waals surface area contributed by atoms with E-state index >= 15 is 0 Å². The molecule has 0 saturated carbocycles. The van der Waals surface area contributed by atoms with Crippen molar-refractivity contribution in [3.8, 4) is 0 Å². The van der Waals surface area contributed by atoms with E-state index in [1.807, 2.05) is 40.2 Å². The maximum Gasteiger partial charge on any atom is 0.330 e. The number of primary amides is 1. The van der Waals surface area contributed by atoms with Crippen LogP contribution in [-0.2, 0) is 20.7 Å². The van der Waals surface area contributed by atoms with Gasteiger partial charge in [-0.15, -0.1) is 0 Å². The van der Waals surface area contributed by atoms with Gasteiger partial charge < -0.3 is 26.0 Å². The molecule has 6 atom stereocenters. The molecular weight excluding hydrogens is 446 g/mol. The molecule has 2 fully saturated rings. The molecule has 12 heteroatoms. The molecule has 2 saturated heterocycles. The van der Waals surface area contributed by atoms with Crippen LogP contribution < -0.4 is 22.3 Å². The average molecular weight is 473 g/mol. The molecule has 0 unspecified atom stereocenters. The molecule has 1 aromatic carbocycles. The van der Waals surface area contributed by atoms with E-state index in [-0.39, 0.29) is 0 Å². The maximum absolute atomic E-state index is 13.2. The molecule has 4 rings (SSSR count). The fraction of sp³-hybridized carbons (Fsp3) is 0.455. The summed E-state index contributed by atoms with van der Waals surface area (Å²) in [5.41, 5.74) is 4.99. The van der Waals surface area contributed by atoms with Gasteiger partial charge in [0.15, 0.2) is 12.3 Å². The normalized spacial score (nSPS) is 28.0. The summed E-state index contributed by atoms with van der Waals surface area (Å²) in [5, 5.41) is 23.8. The number of carbonyl (C=O) groups is 2. The van der Waals surface area contributed by atoms with Gasteiger partial charge in [0.1, 0.15) is 12.2 Å². The minimum absolute atomic E-state index is 0.366. The molecular formula is C22H27N5O7. The SMILES string of the molecule is NC(=O)[C@@H]1CCCN1[C@H](Cc1ccccc1)NC(=O)[C@H]1O[C@@H](n2ccc(=O)[nH]c2=O)[C@H](O)[C@@H]1O. The van der Waals surface area contributed by atoms with Crippen LogP contribution >= 0.6 is 0 Å². The first-order valence-corrected chi connectivity index (χ1v) is 11.0. The highest BCUT2D eigenvalue weighted by Gasteiger charge is 2.48. The largest absolute Gasteiger partial charge is 0.387 e. The van der Waals surface area contributed by atoms with Crippen molar-refractivity contribution in [1.82, 2.24) is 19.8 Å². The van der Waals surface area contributed by atoms with Crippen molar-refractivity contribution in [3.63, 3.8) is 0 Å². The number of aromatic amines is 1. The zero-order valence-corrected chi connectivity index (χ0v) is 18.2. The van der Waals surface area contributed by atoms with E-state index in [0.29, 0.717) is 19.4 Å². The number of aromatic nitrogens is 2. The average Bonchev–Trinajstić information content (AvgIpc) is 3.40. The van der Waals surface area contributed by atoms with Crippen LogP contribution in [-0.4, -0.2) is 73.5 Å². The second kappa shape index (κ2) is 9.89. The summed E-state index contributed by atoms with van der Waals surface area (Å²) >= 11 is 0. The number of aliphatic hydroxyl groups excluding tert-OH is 2. The highest BCUT2D eigenvalue weighted by atomic mass is 16.6. The Morgan fingerprint density at radius 1 is 1.18 bits per heavy atom. The number of nitrogens with zero attached hydrogens (tertiary/aromatic N) is 2.